The number of nitrogens with one attached hydrogen (secondary N) is 1. The first-order valence-corrected chi connectivity index (χ1v) is 5.49. The maximum absolute atomic E-state index is 11.8. The van der Waals surface area contributed by atoms with Gasteiger partial charge >= 0.3 is 0 Å². The van der Waals surface area contributed by atoms with Crippen LogP contribution in [0.3, 0.4) is 0 Å². The highest BCUT2D eigenvalue weighted by molar-refractivity contribution is 5.85. The minimum Gasteiger partial charge on any atom is -0.357 e. The van der Waals surface area contributed by atoms with Crippen LogP contribution in [-0.4, -0.2) is 18.7 Å². The van der Waals surface area contributed by atoms with Gasteiger partial charge in [-0.1, -0.05) is 18.7 Å². The number of ether oxygens (including phenoxy) is 1. The fourth-order valence-electron chi connectivity index (χ4n) is 2.06. The predicted molar refractivity (Wildman–Crippen MR) is 64.3 cm³/mol. The van der Waals surface area contributed by atoms with Crippen molar-refractivity contribution >= 4 is 17.8 Å². The number of hydrogen-bond donors (Lipinski definition) is 1. The van der Waals surface area contributed by atoms with E-state index in [1.54, 1.807) is 0 Å². The Bertz CT molecular complexity index is 534. The first kappa shape index (κ1) is 10.2. The number of morpholine rings is 1. The molecule has 0 radical (unpaired) electrons. The first-order chi connectivity index (χ1) is 8.24. The summed E-state index contributed by atoms with van der Waals surface area (Å²) in [6, 6.07) is 5.83. The molecule has 1 aromatic carbocycles. The zero-order valence-electron chi connectivity index (χ0n) is 9.27. The molecule has 2 heterocycles. The molecule has 1 N–H and O–H groups in total. The van der Waals surface area contributed by atoms with E-state index in [4.69, 9.17) is 4.74 Å². The monoisotopic (exact) mass is 228 g/mol. The van der Waals surface area contributed by atoms with E-state index in [9.17, 15) is 4.79 Å². The van der Waals surface area contributed by atoms with E-state index in [0.717, 1.165) is 17.7 Å². The highest BCUT2D eigenvalue weighted by Gasteiger charge is 2.27. The van der Waals surface area contributed by atoms with E-state index in [2.05, 4.69) is 16.9 Å². The molecular formula is C13H12N2O2. The van der Waals surface area contributed by atoms with E-state index in [0.29, 0.717) is 12.3 Å². The maximum atomic E-state index is 11.8. The number of benzene rings is 1. The van der Waals surface area contributed by atoms with Crippen LogP contribution in [0.1, 0.15) is 17.2 Å². The summed E-state index contributed by atoms with van der Waals surface area (Å²) in [5.74, 6) is -0.164. The van der Waals surface area contributed by atoms with Crippen molar-refractivity contribution in [2.75, 3.05) is 6.61 Å². The Hall–Kier alpha value is -1.94. The topological polar surface area (TPSA) is 50.7 Å². The van der Waals surface area contributed by atoms with Crippen molar-refractivity contribution in [3.63, 3.8) is 0 Å². The van der Waals surface area contributed by atoms with Crippen LogP contribution in [0.4, 0.5) is 5.69 Å². The van der Waals surface area contributed by atoms with Crippen LogP contribution in [0, 0.1) is 0 Å². The average molecular weight is 228 g/mol. The fourth-order valence-corrected chi connectivity index (χ4v) is 2.06. The molecule has 0 aliphatic carbocycles. The normalized spacial score (nSPS) is 22.5. The lowest BCUT2D eigenvalue weighted by molar-refractivity contribution is -0.135. The van der Waals surface area contributed by atoms with Crippen LogP contribution in [-0.2, 0) is 16.0 Å². The van der Waals surface area contributed by atoms with Crippen LogP contribution in [0.2, 0.25) is 0 Å². The summed E-state index contributed by atoms with van der Waals surface area (Å²) in [7, 11) is 0. The lowest BCUT2D eigenvalue weighted by Crippen LogP contribution is -2.37. The number of rotatable bonds is 1. The molecule has 2 aliphatic rings. The Balaban J connectivity index is 1.91. The number of carbonyl (C=O) groups excluding carboxylic acids is 1. The Kier molecular flexibility index (Phi) is 2.30. The molecule has 1 aromatic rings. The highest BCUT2D eigenvalue weighted by Crippen LogP contribution is 2.30. The number of hydrogen-bond acceptors (Lipinski definition) is 3. The first-order valence-electron chi connectivity index (χ1n) is 5.49. The summed E-state index contributed by atoms with van der Waals surface area (Å²) in [6.45, 7) is 4.03. The number of amides is 1. The Morgan fingerprint density at radius 1 is 1.47 bits per heavy atom. The van der Waals surface area contributed by atoms with Gasteiger partial charge in [0.2, 0.25) is 0 Å². The molecule has 0 saturated carbocycles. The number of aliphatic imine (C=N–C) groups is 1. The van der Waals surface area contributed by atoms with Crippen molar-refractivity contribution in [1.82, 2.24) is 5.32 Å². The van der Waals surface area contributed by atoms with Crippen LogP contribution in [0.25, 0.3) is 0 Å². The number of carbonyl (C=O) groups is 1. The van der Waals surface area contributed by atoms with Gasteiger partial charge in [0.15, 0.2) is 6.10 Å². The number of fused-ring (bicyclic) bond motifs is 1. The lowest BCUT2D eigenvalue weighted by Gasteiger charge is -2.24. The lowest BCUT2D eigenvalue weighted by atomic mass is 10.0. The standard InChI is InChI=1S/C13H12N2O2/c1-8-7-17-12(13(16)15-8)10-3-2-9-4-5-14-11(9)6-10/h2-3,5-6,12H,1,4,7H2,(H,15,16). The minimum absolute atomic E-state index is 0.164. The quantitative estimate of drug-likeness (QED) is 0.794. The van der Waals surface area contributed by atoms with Crippen LogP contribution < -0.4 is 5.32 Å². The van der Waals surface area contributed by atoms with E-state index >= 15 is 0 Å². The predicted octanol–water partition coefficient (Wildman–Crippen LogP) is 1.65. The average Bonchev–Trinajstić information content (AvgIpc) is 2.75. The molecule has 2 aliphatic heterocycles. The third-order valence-electron chi connectivity index (χ3n) is 2.92. The SMILES string of the molecule is C=C1COC(c2ccc3c(c2)N=CC3)C(=O)N1. The van der Waals surface area contributed by atoms with Gasteiger partial charge in [-0.2, -0.15) is 0 Å². The zero-order chi connectivity index (χ0) is 11.8. The molecule has 1 atom stereocenters. The second-order valence-electron chi connectivity index (χ2n) is 4.19. The van der Waals surface area contributed by atoms with Crippen molar-refractivity contribution in [2.45, 2.75) is 12.5 Å². The largest absolute Gasteiger partial charge is 0.357 e. The van der Waals surface area contributed by atoms with E-state index in [-0.39, 0.29) is 5.91 Å². The Labute approximate surface area is 99.0 Å². The molecule has 0 spiro atoms. The maximum Gasteiger partial charge on any atom is 0.257 e. The van der Waals surface area contributed by atoms with E-state index in [1.807, 2.05) is 24.4 Å². The van der Waals surface area contributed by atoms with Gasteiger partial charge in [-0.25, -0.2) is 0 Å². The summed E-state index contributed by atoms with van der Waals surface area (Å²) in [6.07, 6.45) is 2.18. The van der Waals surface area contributed by atoms with E-state index < -0.39 is 6.10 Å². The minimum atomic E-state index is -0.554. The fraction of sp³-hybridized carbons (Fsp3) is 0.231. The highest BCUT2D eigenvalue weighted by atomic mass is 16.5. The molecule has 3 rings (SSSR count). The van der Waals surface area contributed by atoms with Crippen LogP contribution in [0.15, 0.2) is 35.5 Å². The Morgan fingerprint density at radius 3 is 3.18 bits per heavy atom. The van der Waals surface area contributed by atoms with Gasteiger partial charge in [0, 0.05) is 18.3 Å². The molecular weight excluding hydrogens is 216 g/mol. The summed E-state index contributed by atoms with van der Waals surface area (Å²) in [5.41, 5.74) is 3.57. The molecule has 1 amide bonds. The van der Waals surface area contributed by atoms with Crippen LogP contribution >= 0.6 is 0 Å². The number of nitrogens with zero attached hydrogens (tertiary/aromatic N) is 1. The molecule has 17 heavy (non-hydrogen) atoms. The molecule has 1 fully saturated rings. The van der Waals surface area contributed by atoms with Gasteiger partial charge in [-0.15, -0.1) is 0 Å². The van der Waals surface area contributed by atoms with Crippen LogP contribution in [0.5, 0.6) is 0 Å². The molecule has 4 nitrogen and oxygen atoms in total. The molecule has 0 bridgehead atoms. The summed E-state index contributed by atoms with van der Waals surface area (Å²) in [5, 5.41) is 2.70. The molecule has 86 valence electrons. The van der Waals surface area contributed by atoms with E-state index in [1.165, 1.54) is 5.56 Å². The second-order valence-corrected chi connectivity index (χ2v) is 4.19. The molecule has 4 heteroatoms. The molecule has 0 aromatic heterocycles. The van der Waals surface area contributed by atoms with Gasteiger partial charge < -0.3 is 10.1 Å². The van der Waals surface area contributed by atoms with Crippen molar-refractivity contribution in [1.29, 1.82) is 0 Å². The van der Waals surface area contributed by atoms with Gasteiger partial charge in [-0.3, -0.25) is 9.79 Å². The third kappa shape index (κ3) is 1.76. The molecule has 1 unspecified atom stereocenters. The summed E-state index contributed by atoms with van der Waals surface area (Å²) < 4.78 is 5.48. The van der Waals surface area contributed by atoms with Crippen molar-refractivity contribution in [3.8, 4) is 0 Å². The van der Waals surface area contributed by atoms with Gasteiger partial charge in [0.1, 0.15) is 0 Å². The summed E-state index contributed by atoms with van der Waals surface area (Å²) >= 11 is 0. The van der Waals surface area contributed by atoms with Gasteiger partial charge in [0.05, 0.1) is 12.3 Å². The summed E-state index contributed by atoms with van der Waals surface area (Å²) in [4.78, 5) is 16.0. The Morgan fingerprint density at radius 2 is 2.35 bits per heavy atom. The second kappa shape index (κ2) is 3.82. The molecule has 1 saturated heterocycles. The van der Waals surface area contributed by atoms with Crippen molar-refractivity contribution < 1.29 is 9.53 Å². The van der Waals surface area contributed by atoms with Gasteiger partial charge in [0.25, 0.3) is 5.91 Å². The van der Waals surface area contributed by atoms with Crippen molar-refractivity contribution in [2.24, 2.45) is 4.99 Å². The smallest absolute Gasteiger partial charge is 0.257 e. The third-order valence-corrected chi connectivity index (χ3v) is 2.92. The zero-order valence-corrected chi connectivity index (χ0v) is 9.27. The van der Waals surface area contributed by atoms with Crippen molar-refractivity contribution in [3.05, 3.63) is 41.6 Å². The van der Waals surface area contributed by atoms with Gasteiger partial charge in [-0.05, 0) is 17.2 Å².